The highest BCUT2D eigenvalue weighted by atomic mass is 19.1. The monoisotopic (exact) mass is 466 g/mol. The average Bonchev–Trinajstić information content (AvgIpc) is 2.95. The van der Waals surface area contributed by atoms with E-state index in [1.54, 1.807) is 24.1 Å². The molecule has 0 aliphatic carbocycles. The summed E-state index contributed by atoms with van der Waals surface area (Å²) in [6.45, 7) is 1.69. The molecule has 0 fully saturated rings. The Balaban J connectivity index is 1.51. The first kappa shape index (κ1) is 23.6. The van der Waals surface area contributed by atoms with Crippen molar-refractivity contribution < 1.29 is 18.3 Å². The molecule has 1 N–H and O–H groups in total. The van der Waals surface area contributed by atoms with E-state index in [9.17, 15) is 9.18 Å². The number of benzene rings is 2. The van der Waals surface area contributed by atoms with Crippen molar-refractivity contribution in [2.45, 2.75) is 19.1 Å². The number of hydrogen-bond acceptors (Lipinski definition) is 5. The van der Waals surface area contributed by atoms with Crippen molar-refractivity contribution in [1.82, 2.24) is 15.2 Å². The third-order valence-corrected chi connectivity index (χ3v) is 5.91. The summed E-state index contributed by atoms with van der Waals surface area (Å²) in [6, 6.07) is 15.7. The molecule has 34 heavy (non-hydrogen) atoms. The van der Waals surface area contributed by atoms with Crippen molar-refractivity contribution in [3.8, 4) is 5.75 Å². The minimum Gasteiger partial charge on any atom is -0.486 e. The van der Waals surface area contributed by atoms with E-state index < -0.39 is 11.6 Å². The summed E-state index contributed by atoms with van der Waals surface area (Å²) >= 11 is 0. The predicted molar refractivity (Wildman–Crippen MR) is 127 cm³/mol. The van der Waals surface area contributed by atoms with Crippen LogP contribution in [0, 0.1) is 11.6 Å². The van der Waals surface area contributed by atoms with Gasteiger partial charge in [0.1, 0.15) is 29.3 Å². The Kier molecular flexibility index (Phi) is 7.37. The van der Waals surface area contributed by atoms with Gasteiger partial charge in [-0.3, -0.25) is 4.79 Å². The van der Waals surface area contributed by atoms with Crippen molar-refractivity contribution >= 4 is 11.7 Å². The molecular formula is C26H28F2N4O2. The van der Waals surface area contributed by atoms with Gasteiger partial charge in [-0.15, -0.1) is 0 Å². The Hall–Kier alpha value is -3.52. The number of likely N-dealkylation sites (N-methyl/N-ethyl adjacent to an activating group) is 1. The van der Waals surface area contributed by atoms with Crippen molar-refractivity contribution in [3.63, 3.8) is 0 Å². The summed E-state index contributed by atoms with van der Waals surface area (Å²) in [6.07, 6.45) is 1.60. The highest BCUT2D eigenvalue weighted by molar-refractivity contribution is 5.99. The van der Waals surface area contributed by atoms with Gasteiger partial charge in [0.05, 0.1) is 11.8 Å². The first-order valence-electron chi connectivity index (χ1n) is 11.3. The fourth-order valence-electron chi connectivity index (χ4n) is 4.03. The van der Waals surface area contributed by atoms with Crippen LogP contribution < -0.4 is 15.0 Å². The number of fused-ring (bicyclic) bond motifs is 1. The highest BCUT2D eigenvalue weighted by Gasteiger charge is 2.27. The molecule has 0 spiro atoms. The zero-order chi connectivity index (χ0) is 24.1. The lowest BCUT2D eigenvalue weighted by Gasteiger charge is -2.22. The first-order chi connectivity index (χ1) is 16.5. The van der Waals surface area contributed by atoms with E-state index in [2.05, 4.69) is 10.3 Å². The minimum atomic E-state index is -0.582. The minimum absolute atomic E-state index is 0.0661. The standard InChI is InChI=1S/C26H28F2N4O2/c1-29-11-10-24(18-6-4-3-5-7-18)34-21-9-8-19(23(28)15-21)17-32-13-12-31(2)25-22(26(32)33)14-20(27)16-30-25/h3-9,14-16,24,29H,10-13,17H2,1-2H3/t24-/m0/s1. The number of ether oxygens (including phenoxy) is 1. The lowest BCUT2D eigenvalue weighted by atomic mass is 10.1. The lowest BCUT2D eigenvalue weighted by Crippen LogP contribution is -2.33. The van der Waals surface area contributed by atoms with Gasteiger partial charge in [0, 0.05) is 44.7 Å². The van der Waals surface area contributed by atoms with E-state index in [0.717, 1.165) is 24.7 Å². The van der Waals surface area contributed by atoms with Gasteiger partial charge < -0.3 is 19.9 Å². The molecular weight excluding hydrogens is 438 g/mol. The number of nitrogens with one attached hydrogen (secondary N) is 1. The van der Waals surface area contributed by atoms with Crippen LogP contribution in [0.3, 0.4) is 0 Å². The van der Waals surface area contributed by atoms with Gasteiger partial charge in [0.25, 0.3) is 5.91 Å². The van der Waals surface area contributed by atoms with Crippen LogP contribution in [0.15, 0.2) is 60.8 Å². The molecule has 1 aliphatic heterocycles. The van der Waals surface area contributed by atoms with Gasteiger partial charge in [0.2, 0.25) is 0 Å². The van der Waals surface area contributed by atoms with Gasteiger partial charge in [-0.25, -0.2) is 13.8 Å². The number of carbonyl (C=O) groups is 1. The summed E-state index contributed by atoms with van der Waals surface area (Å²) in [5, 5.41) is 3.12. The summed E-state index contributed by atoms with van der Waals surface area (Å²) in [7, 11) is 3.67. The number of hydrogen-bond donors (Lipinski definition) is 1. The summed E-state index contributed by atoms with van der Waals surface area (Å²) in [5.41, 5.74) is 1.55. The Morgan fingerprint density at radius 3 is 2.65 bits per heavy atom. The van der Waals surface area contributed by atoms with Crippen LogP contribution >= 0.6 is 0 Å². The molecule has 6 nitrogen and oxygen atoms in total. The number of pyridine rings is 1. The quantitative estimate of drug-likeness (QED) is 0.540. The number of aromatic nitrogens is 1. The number of carbonyl (C=O) groups excluding carboxylic acids is 1. The maximum absolute atomic E-state index is 15.1. The lowest BCUT2D eigenvalue weighted by molar-refractivity contribution is 0.0752. The number of rotatable bonds is 8. The zero-order valence-electron chi connectivity index (χ0n) is 19.3. The molecule has 3 aromatic rings. The number of halogens is 2. The van der Waals surface area contributed by atoms with Crippen LogP contribution in [0.25, 0.3) is 0 Å². The van der Waals surface area contributed by atoms with Gasteiger partial charge in [0.15, 0.2) is 0 Å². The third-order valence-electron chi connectivity index (χ3n) is 5.91. The van der Waals surface area contributed by atoms with Crippen LogP contribution in [0.1, 0.15) is 34.0 Å². The Morgan fingerprint density at radius 1 is 1.12 bits per heavy atom. The van der Waals surface area contributed by atoms with E-state index in [1.807, 2.05) is 37.4 Å². The second-order valence-corrected chi connectivity index (χ2v) is 8.34. The van der Waals surface area contributed by atoms with Crippen molar-refractivity contribution in [3.05, 3.63) is 89.1 Å². The molecule has 0 unspecified atom stereocenters. The van der Waals surface area contributed by atoms with Crippen molar-refractivity contribution in [2.75, 3.05) is 38.6 Å². The average molecular weight is 467 g/mol. The molecule has 1 amide bonds. The van der Waals surface area contributed by atoms with Crippen molar-refractivity contribution in [1.29, 1.82) is 0 Å². The van der Waals surface area contributed by atoms with Gasteiger partial charge in [-0.05, 0) is 31.3 Å². The van der Waals surface area contributed by atoms with E-state index in [4.69, 9.17) is 4.74 Å². The fraction of sp³-hybridized carbons (Fsp3) is 0.308. The molecule has 4 rings (SSSR count). The zero-order valence-corrected chi connectivity index (χ0v) is 19.3. The third kappa shape index (κ3) is 5.34. The second kappa shape index (κ2) is 10.6. The topological polar surface area (TPSA) is 57.7 Å². The molecule has 0 saturated carbocycles. The molecule has 178 valence electrons. The molecule has 1 aromatic heterocycles. The molecule has 0 radical (unpaired) electrons. The van der Waals surface area contributed by atoms with Gasteiger partial charge >= 0.3 is 0 Å². The van der Waals surface area contributed by atoms with Gasteiger partial charge in [-0.1, -0.05) is 36.4 Å². The number of nitrogens with zero attached hydrogens (tertiary/aromatic N) is 3. The van der Waals surface area contributed by atoms with E-state index in [-0.39, 0.29) is 24.1 Å². The first-order valence-corrected chi connectivity index (χ1v) is 11.3. The second-order valence-electron chi connectivity index (χ2n) is 8.34. The smallest absolute Gasteiger partial charge is 0.258 e. The Morgan fingerprint density at radius 2 is 1.91 bits per heavy atom. The van der Waals surface area contributed by atoms with Crippen LogP contribution in [0.2, 0.25) is 0 Å². The van der Waals surface area contributed by atoms with Crippen LogP contribution in [-0.2, 0) is 6.54 Å². The number of amides is 1. The van der Waals surface area contributed by atoms with Crippen molar-refractivity contribution in [2.24, 2.45) is 0 Å². The van der Waals surface area contributed by atoms with E-state index >= 15 is 4.39 Å². The SMILES string of the molecule is CNCC[C@H](Oc1ccc(CN2CCN(C)c3ncc(F)cc3C2=O)c(F)c1)c1ccccc1. The summed E-state index contributed by atoms with van der Waals surface area (Å²) < 4.78 is 35.0. The van der Waals surface area contributed by atoms with Crippen LogP contribution in [0.4, 0.5) is 14.6 Å². The molecule has 1 atom stereocenters. The fourth-order valence-corrected chi connectivity index (χ4v) is 4.03. The summed E-state index contributed by atoms with van der Waals surface area (Å²) in [5.74, 6) is -0.569. The van der Waals surface area contributed by atoms with E-state index in [0.29, 0.717) is 30.2 Å². The number of anilines is 1. The molecule has 2 heterocycles. The maximum Gasteiger partial charge on any atom is 0.258 e. The normalized spacial score (nSPS) is 14.5. The largest absolute Gasteiger partial charge is 0.486 e. The molecule has 0 bridgehead atoms. The molecule has 1 aliphatic rings. The molecule has 2 aromatic carbocycles. The predicted octanol–water partition coefficient (Wildman–Crippen LogP) is 4.18. The highest BCUT2D eigenvalue weighted by Crippen LogP contribution is 2.28. The summed E-state index contributed by atoms with van der Waals surface area (Å²) in [4.78, 5) is 20.4. The Bertz CT molecular complexity index is 1140. The molecule has 8 heteroatoms. The van der Waals surface area contributed by atoms with Crippen LogP contribution in [-0.4, -0.2) is 49.5 Å². The van der Waals surface area contributed by atoms with Gasteiger partial charge in [-0.2, -0.15) is 0 Å². The maximum atomic E-state index is 15.1. The van der Waals surface area contributed by atoms with Crippen LogP contribution in [0.5, 0.6) is 5.75 Å². The Labute approximate surface area is 198 Å². The molecule has 0 saturated heterocycles. The van der Waals surface area contributed by atoms with E-state index in [1.165, 1.54) is 17.0 Å².